The average molecular weight is 621 g/mol. The van der Waals surface area contributed by atoms with E-state index < -0.39 is 15.4 Å². The fourth-order valence-electron chi connectivity index (χ4n) is 6.65. The van der Waals surface area contributed by atoms with Gasteiger partial charge in [0.15, 0.2) is 11.5 Å². The van der Waals surface area contributed by atoms with Crippen molar-refractivity contribution in [1.29, 1.82) is 0 Å². The van der Waals surface area contributed by atoms with Crippen molar-refractivity contribution in [1.82, 2.24) is 10.2 Å². The molecule has 2 aromatic carbocycles. The highest BCUT2D eigenvalue weighted by Crippen LogP contribution is 2.43. The van der Waals surface area contributed by atoms with E-state index in [-0.39, 0.29) is 23.2 Å². The largest absolute Gasteiger partial charge is 0.490 e. The van der Waals surface area contributed by atoms with Crippen LogP contribution in [0, 0.1) is 43.9 Å². The van der Waals surface area contributed by atoms with Gasteiger partial charge in [0.1, 0.15) is 5.60 Å². The number of nitro groups is 2. The second kappa shape index (κ2) is 12.9. The molecule has 45 heavy (non-hydrogen) atoms. The van der Waals surface area contributed by atoms with Crippen LogP contribution in [0.2, 0.25) is 0 Å². The lowest BCUT2D eigenvalue weighted by atomic mass is 9.98. The molecule has 240 valence electrons. The maximum atomic E-state index is 12.2. The third kappa shape index (κ3) is 7.11. The Bertz CT molecular complexity index is 1550. The molecule has 1 N–H and O–H groups in total. The summed E-state index contributed by atoms with van der Waals surface area (Å²) in [5, 5.41) is 25.3. The maximum absolute atomic E-state index is 12.2. The Hall–Kier alpha value is -4.45. The molecule has 2 aliphatic heterocycles. The first-order valence-corrected chi connectivity index (χ1v) is 15.1. The first kappa shape index (κ1) is 32.0. The fourth-order valence-corrected chi connectivity index (χ4v) is 6.65. The van der Waals surface area contributed by atoms with Gasteiger partial charge >= 0.3 is 17.5 Å². The van der Waals surface area contributed by atoms with Gasteiger partial charge in [-0.05, 0) is 110 Å². The lowest BCUT2D eigenvalue weighted by Gasteiger charge is -2.24. The van der Waals surface area contributed by atoms with Crippen LogP contribution in [0.3, 0.4) is 0 Å². The summed E-state index contributed by atoms with van der Waals surface area (Å²) in [6.45, 7) is 9.01. The molecule has 2 aliphatic carbocycles. The quantitative estimate of drug-likeness (QED) is 0.299. The minimum absolute atomic E-state index is 0.0201. The summed E-state index contributed by atoms with van der Waals surface area (Å²) >= 11 is 0. The third-order valence-corrected chi connectivity index (χ3v) is 8.82. The van der Waals surface area contributed by atoms with Gasteiger partial charge in [-0.15, -0.1) is 0 Å². The summed E-state index contributed by atoms with van der Waals surface area (Å²) < 4.78 is 15.7. The van der Waals surface area contributed by atoms with Gasteiger partial charge in [0.05, 0.1) is 24.1 Å². The van der Waals surface area contributed by atoms with E-state index in [2.05, 4.69) is 17.5 Å². The minimum atomic E-state index is -0.495. The highest BCUT2D eigenvalue weighted by molar-refractivity contribution is 5.74. The van der Waals surface area contributed by atoms with E-state index in [4.69, 9.17) is 14.2 Å². The lowest BCUT2D eigenvalue weighted by Crippen LogP contribution is -2.35. The standard InChI is InChI=1S/C19H24N2O5.C14H16N2O3/c1-19(2,3)26-18(22)20-10-14-7-13(8-15(14)11-20)12-5-6-16(21(23)24)17(9-12)25-4;1-19-14-6-9(2-3-13(14)16(17)18)10-4-11-7-15-8-12(11)5-10/h5-7,9,14-15H,8,10-11H2,1-4H3;2-4,6,11-12,15H,5,7-8H2,1H3/t14-,15+;11-,12+/m11/s1. The zero-order valence-electron chi connectivity index (χ0n) is 26.3. The van der Waals surface area contributed by atoms with Crippen LogP contribution in [0.15, 0.2) is 48.6 Å². The van der Waals surface area contributed by atoms with Gasteiger partial charge in [-0.3, -0.25) is 20.2 Å². The molecule has 12 heteroatoms. The molecule has 2 heterocycles. The normalized spacial score (nSPS) is 23.3. The van der Waals surface area contributed by atoms with Crippen LogP contribution < -0.4 is 14.8 Å². The molecule has 1 amide bonds. The first-order chi connectivity index (χ1) is 21.4. The number of benzene rings is 2. The predicted octanol–water partition coefficient (Wildman–Crippen LogP) is 6.10. The molecule has 0 unspecified atom stereocenters. The van der Waals surface area contributed by atoms with Crippen molar-refractivity contribution in [3.8, 4) is 11.5 Å². The highest BCUT2D eigenvalue weighted by atomic mass is 16.6. The number of methoxy groups -OCH3 is 2. The minimum Gasteiger partial charge on any atom is -0.490 e. The molecular formula is C33H40N4O8. The Balaban J connectivity index is 0.000000186. The zero-order valence-corrected chi connectivity index (χ0v) is 26.3. The molecule has 0 radical (unpaired) electrons. The van der Waals surface area contributed by atoms with Crippen molar-refractivity contribution in [3.63, 3.8) is 0 Å². The molecule has 4 atom stereocenters. The van der Waals surface area contributed by atoms with Crippen molar-refractivity contribution < 1.29 is 28.9 Å². The number of likely N-dealkylation sites (tertiary alicyclic amines) is 1. The van der Waals surface area contributed by atoms with E-state index in [0.29, 0.717) is 42.5 Å². The molecule has 0 bridgehead atoms. The number of rotatable bonds is 6. The summed E-state index contributed by atoms with van der Waals surface area (Å²) in [4.78, 5) is 35.1. The molecule has 6 rings (SSSR count). The Labute approximate surface area is 262 Å². The van der Waals surface area contributed by atoms with Gasteiger partial charge in [-0.25, -0.2) is 4.79 Å². The van der Waals surface area contributed by atoms with Crippen LogP contribution in [0.4, 0.5) is 16.2 Å². The topological polar surface area (TPSA) is 146 Å². The number of carbonyl (C=O) groups is 1. The molecule has 0 spiro atoms. The van der Waals surface area contributed by atoms with E-state index in [9.17, 15) is 25.0 Å². The first-order valence-electron chi connectivity index (χ1n) is 15.1. The van der Waals surface area contributed by atoms with E-state index in [1.165, 1.54) is 31.9 Å². The molecule has 12 nitrogen and oxygen atoms in total. The lowest BCUT2D eigenvalue weighted by molar-refractivity contribution is -0.385. The second-order valence-corrected chi connectivity index (χ2v) is 13.0. The molecule has 2 aromatic rings. The number of carbonyl (C=O) groups excluding carboxylic acids is 1. The smallest absolute Gasteiger partial charge is 0.410 e. The molecule has 4 aliphatic rings. The molecule has 0 saturated carbocycles. The summed E-state index contributed by atoms with van der Waals surface area (Å²) in [5.74, 6) is 2.53. The van der Waals surface area contributed by atoms with E-state index >= 15 is 0 Å². The third-order valence-electron chi connectivity index (χ3n) is 8.82. The summed E-state index contributed by atoms with van der Waals surface area (Å²) in [5.41, 5.74) is 3.90. The molecule has 2 fully saturated rings. The highest BCUT2D eigenvalue weighted by Gasteiger charge is 2.40. The summed E-state index contributed by atoms with van der Waals surface area (Å²) in [7, 11) is 2.90. The SMILES string of the molecule is COc1cc(C2=C[C@@H]3CN(C(=O)OC(C)(C)C)C[C@@H]3C2)ccc1[N+](=O)[O-].COc1cc(C2=C[C@@H]3CNC[C@@H]3C2)ccc1[N+](=O)[O-]. The van der Waals surface area contributed by atoms with Gasteiger partial charge in [-0.1, -0.05) is 12.2 Å². The van der Waals surface area contributed by atoms with Crippen LogP contribution in [-0.4, -0.2) is 66.8 Å². The molecule has 2 saturated heterocycles. The van der Waals surface area contributed by atoms with Crippen LogP contribution in [-0.2, 0) is 4.74 Å². The van der Waals surface area contributed by atoms with Crippen molar-refractivity contribution in [2.45, 2.75) is 39.2 Å². The maximum Gasteiger partial charge on any atom is 0.410 e. The monoisotopic (exact) mass is 620 g/mol. The molecule has 0 aromatic heterocycles. The van der Waals surface area contributed by atoms with Crippen molar-refractivity contribution >= 4 is 28.6 Å². The second-order valence-electron chi connectivity index (χ2n) is 13.0. The van der Waals surface area contributed by atoms with Crippen molar-refractivity contribution in [2.24, 2.45) is 23.7 Å². The number of nitro benzene ring substituents is 2. The van der Waals surface area contributed by atoms with Gasteiger partial charge < -0.3 is 24.4 Å². The number of allylic oxidation sites excluding steroid dienone is 2. The van der Waals surface area contributed by atoms with Crippen LogP contribution in [0.1, 0.15) is 44.7 Å². The number of ether oxygens (including phenoxy) is 3. The molecular weight excluding hydrogens is 580 g/mol. The van der Waals surface area contributed by atoms with Crippen LogP contribution in [0.25, 0.3) is 11.1 Å². The van der Waals surface area contributed by atoms with E-state index in [1.54, 1.807) is 23.1 Å². The van der Waals surface area contributed by atoms with Crippen LogP contribution >= 0.6 is 0 Å². The number of fused-ring (bicyclic) bond motifs is 2. The van der Waals surface area contributed by atoms with Gasteiger partial charge in [0, 0.05) is 31.8 Å². The number of nitrogens with one attached hydrogen (secondary N) is 1. The Morgan fingerprint density at radius 3 is 1.82 bits per heavy atom. The van der Waals surface area contributed by atoms with E-state index in [0.717, 1.165) is 42.6 Å². The Morgan fingerprint density at radius 1 is 0.822 bits per heavy atom. The van der Waals surface area contributed by atoms with Gasteiger partial charge in [-0.2, -0.15) is 0 Å². The zero-order chi connectivity index (χ0) is 32.5. The fraction of sp³-hybridized carbons (Fsp3) is 0.485. The average Bonchev–Trinajstić information content (AvgIpc) is 3.76. The number of amides is 1. The number of nitrogens with zero attached hydrogens (tertiary/aromatic N) is 3. The van der Waals surface area contributed by atoms with Crippen LogP contribution in [0.5, 0.6) is 11.5 Å². The Kier molecular flexibility index (Phi) is 9.15. The van der Waals surface area contributed by atoms with E-state index in [1.807, 2.05) is 26.8 Å². The Morgan fingerprint density at radius 2 is 1.36 bits per heavy atom. The number of hydrogen-bond donors (Lipinski definition) is 1. The van der Waals surface area contributed by atoms with Gasteiger partial charge in [0.2, 0.25) is 0 Å². The number of hydrogen-bond acceptors (Lipinski definition) is 9. The van der Waals surface area contributed by atoms with Crippen molar-refractivity contribution in [3.05, 3.63) is 79.9 Å². The summed E-state index contributed by atoms with van der Waals surface area (Å²) in [6, 6.07) is 10.1. The van der Waals surface area contributed by atoms with Gasteiger partial charge in [0.25, 0.3) is 0 Å². The predicted molar refractivity (Wildman–Crippen MR) is 169 cm³/mol. The summed E-state index contributed by atoms with van der Waals surface area (Å²) in [6.07, 6.45) is 6.09. The van der Waals surface area contributed by atoms with Crippen molar-refractivity contribution in [2.75, 3.05) is 40.4 Å².